The fourth-order valence-electron chi connectivity index (χ4n) is 1.50. The first-order valence-electron chi connectivity index (χ1n) is 4.39. The summed E-state index contributed by atoms with van der Waals surface area (Å²) in [5.74, 6) is -2.01. The third kappa shape index (κ3) is 1.96. The zero-order valence-electron chi connectivity index (χ0n) is 8.12. The molecule has 0 bridgehead atoms. The molecule has 1 aromatic heterocycles. The average molecular weight is 363 g/mol. The Morgan fingerprint density at radius 2 is 1.94 bits per heavy atom. The van der Waals surface area contributed by atoms with Gasteiger partial charge in [0.2, 0.25) is 0 Å². The topological polar surface area (TPSA) is 90.4 Å². The average Bonchev–Trinajstić information content (AvgIpc) is 2.19. The molecule has 0 aliphatic heterocycles. The quantitative estimate of drug-likeness (QED) is 0.726. The second-order valence-corrected chi connectivity index (χ2v) is 5.06. The van der Waals surface area contributed by atoms with Crippen molar-refractivity contribution in [2.24, 2.45) is 0 Å². The van der Waals surface area contributed by atoms with Gasteiger partial charge < -0.3 is 15.2 Å². The number of hydrogen-bond donors (Lipinski definition) is 3. The molecule has 0 amide bonds. The van der Waals surface area contributed by atoms with Crippen LogP contribution in [0.1, 0.15) is 10.4 Å². The third-order valence-corrected chi connectivity index (χ3v) is 3.31. The van der Waals surface area contributed by atoms with E-state index in [1.807, 2.05) is 0 Å². The molecule has 7 heteroatoms. The molecule has 5 nitrogen and oxygen atoms in total. The van der Waals surface area contributed by atoms with Crippen molar-refractivity contribution in [3.63, 3.8) is 0 Å². The molecule has 3 N–H and O–H groups in total. The Labute approximate surface area is 111 Å². The lowest BCUT2D eigenvalue weighted by Crippen LogP contribution is -2.17. The maximum Gasteiger partial charge on any atom is 0.345 e. The van der Waals surface area contributed by atoms with Gasteiger partial charge in [0.1, 0.15) is 5.75 Å². The zero-order valence-corrected chi connectivity index (χ0v) is 11.3. The molecule has 0 aliphatic carbocycles. The first kappa shape index (κ1) is 12.1. The number of carboxylic acid groups (broad SMARTS) is 1. The monoisotopic (exact) mass is 361 g/mol. The summed E-state index contributed by atoms with van der Waals surface area (Å²) < 4.78 is 1.20. The van der Waals surface area contributed by atoms with Crippen LogP contribution in [0.25, 0.3) is 10.9 Å². The number of halogens is 2. The smallest absolute Gasteiger partial charge is 0.345 e. The summed E-state index contributed by atoms with van der Waals surface area (Å²) in [6.07, 6.45) is 0. The van der Waals surface area contributed by atoms with Gasteiger partial charge in [-0.3, -0.25) is 4.79 Å². The van der Waals surface area contributed by atoms with Crippen LogP contribution in [0.4, 0.5) is 0 Å². The Hall–Kier alpha value is -1.34. The number of aromatic nitrogens is 1. The number of carbonyl (C=O) groups is 1. The van der Waals surface area contributed by atoms with E-state index >= 15 is 0 Å². The Bertz CT molecular complexity index is 693. The van der Waals surface area contributed by atoms with E-state index in [1.165, 1.54) is 6.07 Å². The van der Waals surface area contributed by atoms with Gasteiger partial charge in [0.25, 0.3) is 5.56 Å². The molecule has 0 radical (unpaired) electrons. The zero-order chi connectivity index (χ0) is 12.7. The fraction of sp³-hybridized carbons (Fsp3) is 0. The number of aromatic carboxylic acids is 1. The predicted octanol–water partition coefficient (Wildman–Crippen LogP) is 2.46. The summed E-state index contributed by atoms with van der Waals surface area (Å²) in [6.45, 7) is 0. The fourth-order valence-corrected chi connectivity index (χ4v) is 2.83. The van der Waals surface area contributed by atoms with Crippen molar-refractivity contribution >= 4 is 48.7 Å². The molecule has 17 heavy (non-hydrogen) atoms. The molecule has 0 atom stereocenters. The number of aromatic hydroxyl groups is 1. The van der Waals surface area contributed by atoms with Crippen LogP contribution in [0.2, 0.25) is 0 Å². The summed E-state index contributed by atoms with van der Waals surface area (Å²) in [6, 6.07) is 3.20. The number of pyridine rings is 1. The maximum absolute atomic E-state index is 11.5. The molecule has 0 aliphatic rings. The molecule has 2 rings (SSSR count). The molecule has 0 fully saturated rings. The molecule has 1 aromatic carbocycles. The van der Waals surface area contributed by atoms with Crippen LogP contribution in [0.5, 0.6) is 5.75 Å². The van der Waals surface area contributed by atoms with Crippen molar-refractivity contribution in [1.82, 2.24) is 4.98 Å². The molecular weight excluding hydrogens is 358 g/mol. The minimum absolute atomic E-state index is 0.253. The van der Waals surface area contributed by atoms with Gasteiger partial charge in [-0.2, -0.15) is 0 Å². The minimum atomic E-state index is -1.47. The first-order valence-corrected chi connectivity index (χ1v) is 5.97. The Morgan fingerprint density at radius 1 is 1.29 bits per heavy atom. The van der Waals surface area contributed by atoms with Gasteiger partial charge >= 0.3 is 5.97 Å². The van der Waals surface area contributed by atoms with E-state index in [2.05, 4.69) is 36.8 Å². The highest BCUT2D eigenvalue weighted by atomic mass is 79.9. The van der Waals surface area contributed by atoms with E-state index in [0.717, 1.165) is 0 Å². The van der Waals surface area contributed by atoms with Crippen molar-refractivity contribution in [3.05, 3.63) is 37.0 Å². The Kier molecular flexibility index (Phi) is 2.96. The summed E-state index contributed by atoms with van der Waals surface area (Å²) in [5.41, 5.74) is -1.16. The van der Waals surface area contributed by atoms with Gasteiger partial charge in [-0.05, 0) is 28.1 Å². The van der Waals surface area contributed by atoms with Crippen LogP contribution in [-0.2, 0) is 0 Å². The summed E-state index contributed by atoms with van der Waals surface area (Å²) in [7, 11) is 0. The summed E-state index contributed by atoms with van der Waals surface area (Å²) >= 11 is 6.44. The lowest BCUT2D eigenvalue weighted by atomic mass is 10.1. The number of aromatic amines is 1. The molecule has 2 aromatic rings. The van der Waals surface area contributed by atoms with Crippen LogP contribution in [0.15, 0.2) is 25.9 Å². The molecule has 0 spiro atoms. The normalized spacial score (nSPS) is 10.7. The van der Waals surface area contributed by atoms with Crippen LogP contribution in [0.3, 0.4) is 0 Å². The molecule has 1 heterocycles. The van der Waals surface area contributed by atoms with Gasteiger partial charge in [0.15, 0.2) is 5.56 Å². The van der Waals surface area contributed by atoms with Crippen molar-refractivity contribution in [1.29, 1.82) is 0 Å². The number of nitrogens with one attached hydrogen (secondary N) is 1. The number of rotatable bonds is 1. The predicted molar refractivity (Wildman–Crippen MR) is 68.6 cm³/mol. The number of hydrogen-bond acceptors (Lipinski definition) is 3. The van der Waals surface area contributed by atoms with Gasteiger partial charge in [-0.25, -0.2) is 4.79 Å². The van der Waals surface area contributed by atoms with E-state index in [9.17, 15) is 14.7 Å². The highest BCUT2D eigenvalue weighted by Gasteiger charge is 2.19. The van der Waals surface area contributed by atoms with Gasteiger partial charge in [-0.1, -0.05) is 15.9 Å². The van der Waals surface area contributed by atoms with E-state index in [-0.39, 0.29) is 5.39 Å². The van der Waals surface area contributed by atoms with Crippen molar-refractivity contribution in [2.75, 3.05) is 0 Å². The van der Waals surface area contributed by atoms with E-state index in [1.54, 1.807) is 6.07 Å². The number of fused-ring (bicyclic) bond motifs is 1. The highest BCUT2D eigenvalue weighted by molar-refractivity contribution is 9.11. The van der Waals surface area contributed by atoms with Crippen LogP contribution < -0.4 is 5.56 Å². The molecule has 0 saturated carbocycles. The molecule has 0 unspecified atom stereocenters. The van der Waals surface area contributed by atoms with Crippen molar-refractivity contribution < 1.29 is 15.0 Å². The van der Waals surface area contributed by atoms with E-state index in [4.69, 9.17) is 5.11 Å². The number of carboxylic acids is 1. The van der Waals surface area contributed by atoms with Gasteiger partial charge in [0, 0.05) is 14.3 Å². The number of benzene rings is 1. The van der Waals surface area contributed by atoms with E-state index in [0.29, 0.717) is 14.5 Å². The largest absolute Gasteiger partial charge is 0.506 e. The maximum atomic E-state index is 11.5. The standard InChI is InChI=1S/C10H5Br2NO4/c11-3-1-4-7(5(12)2-3)13-9(15)6(8(4)14)10(16)17/h1-2H,(H,16,17)(H2,13,14,15). The van der Waals surface area contributed by atoms with Crippen molar-refractivity contribution in [2.45, 2.75) is 0 Å². The van der Waals surface area contributed by atoms with Crippen molar-refractivity contribution in [3.8, 4) is 5.75 Å². The lowest BCUT2D eigenvalue weighted by molar-refractivity contribution is 0.0692. The van der Waals surface area contributed by atoms with Crippen LogP contribution >= 0.6 is 31.9 Å². The Balaban J connectivity index is 3.02. The van der Waals surface area contributed by atoms with Crippen LogP contribution in [-0.4, -0.2) is 21.2 Å². The van der Waals surface area contributed by atoms with Gasteiger partial charge in [-0.15, -0.1) is 0 Å². The molecule has 0 saturated heterocycles. The minimum Gasteiger partial charge on any atom is -0.506 e. The first-order chi connectivity index (χ1) is 7.91. The molecule has 88 valence electrons. The van der Waals surface area contributed by atoms with Crippen LogP contribution in [0, 0.1) is 0 Å². The summed E-state index contributed by atoms with van der Waals surface area (Å²) in [5, 5.41) is 18.9. The van der Waals surface area contributed by atoms with Gasteiger partial charge in [0.05, 0.1) is 5.52 Å². The third-order valence-electron chi connectivity index (χ3n) is 2.23. The summed E-state index contributed by atoms with van der Waals surface area (Å²) in [4.78, 5) is 24.8. The second-order valence-electron chi connectivity index (χ2n) is 3.29. The molecular formula is C10H5Br2NO4. The van der Waals surface area contributed by atoms with E-state index < -0.39 is 22.8 Å². The Morgan fingerprint density at radius 3 is 2.53 bits per heavy atom. The SMILES string of the molecule is O=C(O)c1c(O)c2cc(Br)cc(Br)c2[nH]c1=O. The highest BCUT2D eigenvalue weighted by Crippen LogP contribution is 2.32. The lowest BCUT2D eigenvalue weighted by Gasteiger charge is -2.06. The number of H-pyrrole nitrogens is 1. The second kappa shape index (κ2) is 4.15.